The first kappa shape index (κ1) is 21.3. The minimum atomic E-state index is -0.373. The van der Waals surface area contributed by atoms with Crippen LogP contribution in [0.1, 0.15) is 42.3 Å². The van der Waals surface area contributed by atoms with Crippen LogP contribution >= 0.6 is 0 Å². The van der Waals surface area contributed by atoms with E-state index in [2.05, 4.69) is 34.3 Å². The van der Waals surface area contributed by atoms with Gasteiger partial charge in [0.05, 0.1) is 7.11 Å². The molecule has 0 saturated heterocycles. The average Bonchev–Trinajstić information content (AvgIpc) is 2.74. The minimum absolute atomic E-state index is 0.0935. The lowest BCUT2D eigenvalue weighted by Crippen LogP contribution is -2.27. The van der Waals surface area contributed by atoms with E-state index in [4.69, 9.17) is 10.1 Å². The molecule has 6 nitrogen and oxygen atoms in total. The van der Waals surface area contributed by atoms with E-state index in [0.29, 0.717) is 18.1 Å². The highest BCUT2D eigenvalue weighted by molar-refractivity contribution is 5.96. The van der Waals surface area contributed by atoms with Gasteiger partial charge < -0.3 is 15.0 Å². The molecule has 0 amide bonds. The number of methoxy groups -OCH3 is 1. The molecule has 1 aromatic heterocycles. The topological polar surface area (TPSA) is 90.9 Å². The van der Waals surface area contributed by atoms with Crippen LogP contribution in [0.3, 0.4) is 0 Å². The Labute approximate surface area is 176 Å². The maximum absolute atomic E-state index is 12.7. The summed E-state index contributed by atoms with van der Waals surface area (Å²) < 4.78 is 5.02. The van der Waals surface area contributed by atoms with Crippen molar-refractivity contribution in [3.05, 3.63) is 93.5 Å². The standard InChI is InChI=1S/C24H28N4O2/c1-17(10-9-15-18-11-5-3-6-12-18)26-23-21(22(25)30-2)24(29)28-20(27-23)16-19-13-7-4-8-14-19/h3-8,11-14,17,25H,9-10,15-16H2,1-2H3,(H2,26,27,28,29). The van der Waals surface area contributed by atoms with E-state index < -0.39 is 0 Å². The number of aromatic amines is 1. The van der Waals surface area contributed by atoms with Crippen molar-refractivity contribution in [3.63, 3.8) is 0 Å². The number of rotatable bonds is 9. The van der Waals surface area contributed by atoms with Crippen molar-refractivity contribution in [2.45, 2.75) is 38.6 Å². The second-order valence-electron chi connectivity index (χ2n) is 7.36. The van der Waals surface area contributed by atoms with Crippen molar-refractivity contribution in [1.29, 1.82) is 5.41 Å². The van der Waals surface area contributed by atoms with E-state index in [1.54, 1.807) is 0 Å². The molecule has 0 radical (unpaired) electrons. The number of nitrogens with one attached hydrogen (secondary N) is 3. The zero-order valence-corrected chi connectivity index (χ0v) is 17.4. The fraction of sp³-hybridized carbons (Fsp3) is 0.292. The number of H-pyrrole nitrogens is 1. The quantitative estimate of drug-likeness (QED) is 0.369. The van der Waals surface area contributed by atoms with Gasteiger partial charge in [0.2, 0.25) is 5.90 Å². The molecule has 0 aliphatic rings. The van der Waals surface area contributed by atoms with Crippen LogP contribution in [0.2, 0.25) is 0 Å². The van der Waals surface area contributed by atoms with Gasteiger partial charge in [-0.1, -0.05) is 60.7 Å². The summed E-state index contributed by atoms with van der Waals surface area (Å²) in [6, 6.07) is 20.3. The largest absolute Gasteiger partial charge is 0.481 e. The van der Waals surface area contributed by atoms with E-state index in [0.717, 1.165) is 24.8 Å². The molecular formula is C24H28N4O2. The summed E-state index contributed by atoms with van der Waals surface area (Å²) in [6.07, 6.45) is 3.43. The first-order valence-electron chi connectivity index (χ1n) is 10.2. The van der Waals surface area contributed by atoms with Gasteiger partial charge in [-0.25, -0.2) is 4.98 Å². The molecule has 2 aromatic carbocycles. The highest BCUT2D eigenvalue weighted by atomic mass is 16.5. The average molecular weight is 405 g/mol. The number of aryl methyl sites for hydroxylation is 1. The molecule has 30 heavy (non-hydrogen) atoms. The molecule has 3 rings (SSSR count). The number of ether oxygens (including phenoxy) is 1. The van der Waals surface area contributed by atoms with Crippen LogP contribution in [0.15, 0.2) is 65.5 Å². The van der Waals surface area contributed by atoms with Crippen molar-refractivity contribution in [1.82, 2.24) is 9.97 Å². The summed E-state index contributed by atoms with van der Waals surface area (Å²) in [4.78, 5) is 20.1. The van der Waals surface area contributed by atoms with Gasteiger partial charge in [0, 0.05) is 12.5 Å². The molecule has 0 bridgehead atoms. The van der Waals surface area contributed by atoms with Crippen molar-refractivity contribution < 1.29 is 4.74 Å². The Morgan fingerprint density at radius 2 is 1.73 bits per heavy atom. The molecule has 3 N–H and O–H groups in total. The molecule has 0 fully saturated rings. The molecule has 1 unspecified atom stereocenters. The summed E-state index contributed by atoms with van der Waals surface area (Å²) >= 11 is 0. The molecule has 0 aliphatic heterocycles. The minimum Gasteiger partial charge on any atom is -0.481 e. The Bertz CT molecular complexity index is 1020. The van der Waals surface area contributed by atoms with E-state index >= 15 is 0 Å². The zero-order valence-electron chi connectivity index (χ0n) is 17.4. The Hall–Kier alpha value is -3.41. The van der Waals surface area contributed by atoms with Crippen molar-refractivity contribution in [2.24, 2.45) is 0 Å². The monoisotopic (exact) mass is 404 g/mol. The number of hydrogen-bond donors (Lipinski definition) is 3. The van der Waals surface area contributed by atoms with E-state index in [9.17, 15) is 4.79 Å². The Morgan fingerprint density at radius 1 is 1.10 bits per heavy atom. The van der Waals surface area contributed by atoms with Gasteiger partial charge in [0.15, 0.2) is 0 Å². The predicted octanol–water partition coefficient (Wildman–Crippen LogP) is 4.16. The Kier molecular flexibility index (Phi) is 7.38. The van der Waals surface area contributed by atoms with Gasteiger partial charge in [0.1, 0.15) is 17.2 Å². The molecule has 1 heterocycles. The normalized spacial score (nSPS) is 11.7. The SMILES string of the molecule is COC(=N)c1c(NC(C)CCCc2ccccc2)nc(Cc2ccccc2)[nH]c1=O. The fourth-order valence-corrected chi connectivity index (χ4v) is 3.37. The number of hydrogen-bond acceptors (Lipinski definition) is 5. The molecular weight excluding hydrogens is 376 g/mol. The maximum Gasteiger partial charge on any atom is 0.265 e. The lowest BCUT2D eigenvalue weighted by atomic mass is 10.1. The van der Waals surface area contributed by atoms with Crippen molar-refractivity contribution >= 4 is 11.7 Å². The van der Waals surface area contributed by atoms with Crippen LogP contribution in [-0.4, -0.2) is 29.0 Å². The summed E-state index contributed by atoms with van der Waals surface area (Å²) in [5.41, 5.74) is 2.12. The summed E-state index contributed by atoms with van der Waals surface area (Å²) in [5.74, 6) is 0.746. The number of nitrogens with zero attached hydrogens (tertiary/aromatic N) is 1. The Morgan fingerprint density at radius 3 is 2.37 bits per heavy atom. The van der Waals surface area contributed by atoms with Crippen molar-refractivity contribution in [3.8, 4) is 0 Å². The van der Waals surface area contributed by atoms with Crippen LogP contribution in [0.25, 0.3) is 0 Å². The van der Waals surface area contributed by atoms with Gasteiger partial charge in [-0.3, -0.25) is 10.2 Å². The predicted molar refractivity (Wildman–Crippen MR) is 120 cm³/mol. The molecule has 6 heteroatoms. The van der Waals surface area contributed by atoms with Crippen LogP contribution in [0.4, 0.5) is 5.82 Å². The van der Waals surface area contributed by atoms with Crippen molar-refractivity contribution in [2.75, 3.05) is 12.4 Å². The third-order valence-electron chi connectivity index (χ3n) is 4.94. The molecule has 3 aromatic rings. The highest BCUT2D eigenvalue weighted by Gasteiger charge is 2.18. The first-order chi connectivity index (χ1) is 14.6. The summed E-state index contributed by atoms with van der Waals surface area (Å²) in [6.45, 7) is 2.06. The first-order valence-corrected chi connectivity index (χ1v) is 10.2. The highest BCUT2D eigenvalue weighted by Crippen LogP contribution is 2.15. The maximum atomic E-state index is 12.7. The van der Waals surface area contributed by atoms with Crippen LogP contribution in [0, 0.1) is 5.41 Å². The Balaban J connectivity index is 1.74. The summed E-state index contributed by atoms with van der Waals surface area (Å²) in [7, 11) is 1.38. The van der Waals surface area contributed by atoms with Gasteiger partial charge in [0.25, 0.3) is 5.56 Å². The number of aromatic nitrogens is 2. The van der Waals surface area contributed by atoms with Crippen LogP contribution in [0.5, 0.6) is 0 Å². The molecule has 1 atom stereocenters. The number of benzene rings is 2. The van der Waals surface area contributed by atoms with Gasteiger partial charge >= 0.3 is 0 Å². The fourth-order valence-electron chi connectivity index (χ4n) is 3.37. The number of anilines is 1. The smallest absolute Gasteiger partial charge is 0.265 e. The van der Waals surface area contributed by atoms with E-state index in [1.165, 1.54) is 12.7 Å². The molecule has 156 valence electrons. The van der Waals surface area contributed by atoms with Gasteiger partial charge in [-0.05, 0) is 37.3 Å². The van der Waals surface area contributed by atoms with Gasteiger partial charge in [-0.15, -0.1) is 0 Å². The van der Waals surface area contributed by atoms with Gasteiger partial charge in [-0.2, -0.15) is 0 Å². The van der Waals surface area contributed by atoms with Crippen LogP contribution < -0.4 is 10.9 Å². The molecule has 0 aliphatic carbocycles. The summed E-state index contributed by atoms with van der Waals surface area (Å²) in [5, 5.41) is 11.4. The second-order valence-corrected chi connectivity index (χ2v) is 7.36. The zero-order chi connectivity index (χ0) is 21.3. The third kappa shape index (κ3) is 5.80. The lowest BCUT2D eigenvalue weighted by Gasteiger charge is -2.18. The molecule has 0 saturated carbocycles. The second kappa shape index (κ2) is 10.4. The van der Waals surface area contributed by atoms with Crippen LogP contribution in [-0.2, 0) is 17.6 Å². The molecule has 0 spiro atoms. The van der Waals surface area contributed by atoms with E-state index in [-0.39, 0.29) is 23.1 Å². The lowest BCUT2D eigenvalue weighted by molar-refractivity contribution is 0.400. The van der Waals surface area contributed by atoms with E-state index in [1.807, 2.05) is 48.5 Å². The third-order valence-corrected chi connectivity index (χ3v) is 4.94.